The lowest BCUT2D eigenvalue weighted by Gasteiger charge is -2.07. The molecule has 3 aromatic heterocycles. The van der Waals surface area contributed by atoms with Gasteiger partial charge in [-0.3, -0.25) is 29.4 Å². The molecule has 2 aromatic carbocycles. The summed E-state index contributed by atoms with van der Waals surface area (Å²) in [4.78, 5) is 40.2. The Bertz CT molecular complexity index is 1670. The Morgan fingerprint density at radius 2 is 1.97 bits per heavy atom. The zero-order chi connectivity index (χ0) is 25.9. The molecule has 0 aliphatic carbocycles. The fraction of sp³-hybridized carbons (Fsp3) is 0.125. The second-order valence-electron chi connectivity index (χ2n) is 8.14. The smallest absolute Gasteiger partial charge is 0.269 e. The van der Waals surface area contributed by atoms with Crippen LogP contribution in [0.1, 0.15) is 16.1 Å². The van der Waals surface area contributed by atoms with E-state index in [4.69, 9.17) is 0 Å². The Balaban J connectivity index is 1.24. The highest BCUT2D eigenvalue weighted by atomic mass is 19.1. The van der Waals surface area contributed by atoms with Crippen LogP contribution in [0.4, 0.5) is 10.1 Å². The molecule has 5 aromatic rings. The summed E-state index contributed by atoms with van der Waals surface area (Å²) in [5, 5.41) is 25.0. The number of hydrogen-bond donors (Lipinski definition) is 2. The predicted octanol–water partition coefficient (Wildman–Crippen LogP) is 2.51. The van der Waals surface area contributed by atoms with E-state index in [1.165, 1.54) is 46.0 Å². The van der Waals surface area contributed by atoms with Crippen LogP contribution in [0.5, 0.6) is 0 Å². The molecule has 0 atom stereocenters. The van der Waals surface area contributed by atoms with Crippen molar-refractivity contribution in [1.29, 1.82) is 0 Å². The number of nitro benzene ring substituents is 1. The van der Waals surface area contributed by atoms with Gasteiger partial charge in [-0.25, -0.2) is 14.1 Å². The van der Waals surface area contributed by atoms with Crippen molar-refractivity contribution in [3.8, 4) is 11.3 Å². The van der Waals surface area contributed by atoms with Crippen LogP contribution in [0.25, 0.3) is 22.3 Å². The highest BCUT2D eigenvalue weighted by Crippen LogP contribution is 2.18. The molecule has 0 spiro atoms. The summed E-state index contributed by atoms with van der Waals surface area (Å²) in [6.45, 7) is 0.587. The van der Waals surface area contributed by atoms with Crippen molar-refractivity contribution in [3.63, 3.8) is 0 Å². The van der Waals surface area contributed by atoms with Gasteiger partial charge in [0.15, 0.2) is 5.65 Å². The average Bonchev–Trinajstić information content (AvgIpc) is 3.55. The Labute approximate surface area is 207 Å². The van der Waals surface area contributed by atoms with Gasteiger partial charge >= 0.3 is 0 Å². The number of carbonyl (C=O) groups is 1. The molecule has 0 aliphatic rings. The molecule has 0 saturated carbocycles. The number of aromatic nitrogens is 6. The third-order valence-corrected chi connectivity index (χ3v) is 5.67. The Hall–Kier alpha value is -5.20. The molecular weight excluding hydrogens is 483 g/mol. The van der Waals surface area contributed by atoms with Gasteiger partial charge in [-0.2, -0.15) is 10.2 Å². The third-order valence-electron chi connectivity index (χ3n) is 5.67. The fourth-order valence-corrected chi connectivity index (χ4v) is 3.82. The second-order valence-corrected chi connectivity index (χ2v) is 8.14. The first-order chi connectivity index (χ1) is 17.9. The maximum Gasteiger partial charge on any atom is 0.269 e. The fourth-order valence-electron chi connectivity index (χ4n) is 3.82. The first-order valence-corrected chi connectivity index (χ1v) is 11.1. The number of aromatic amines is 1. The zero-order valence-electron chi connectivity index (χ0n) is 19.2. The highest BCUT2D eigenvalue weighted by molar-refractivity contribution is 5.93. The molecule has 13 heteroatoms. The number of benzene rings is 2. The molecule has 0 radical (unpaired) electrons. The van der Waals surface area contributed by atoms with Gasteiger partial charge in [0.25, 0.3) is 17.2 Å². The van der Waals surface area contributed by atoms with Gasteiger partial charge in [0, 0.05) is 24.2 Å². The number of halogens is 1. The lowest BCUT2D eigenvalue weighted by atomic mass is 10.1. The van der Waals surface area contributed by atoms with E-state index < -0.39 is 4.92 Å². The van der Waals surface area contributed by atoms with Gasteiger partial charge in [0.05, 0.1) is 29.9 Å². The molecular formula is C24H19FN8O4. The van der Waals surface area contributed by atoms with E-state index in [9.17, 15) is 24.1 Å². The van der Waals surface area contributed by atoms with E-state index in [1.807, 2.05) is 0 Å². The molecule has 0 fully saturated rings. The van der Waals surface area contributed by atoms with Crippen LogP contribution in [0.2, 0.25) is 0 Å². The number of non-ortho nitro benzene ring substituents is 1. The molecule has 1 amide bonds. The van der Waals surface area contributed by atoms with E-state index in [0.717, 1.165) is 0 Å². The highest BCUT2D eigenvalue weighted by Gasteiger charge is 2.14. The van der Waals surface area contributed by atoms with Crippen LogP contribution in [0, 0.1) is 15.9 Å². The van der Waals surface area contributed by atoms with Gasteiger partial charge in [0.1, 0.15) is 23.2 Å². The van der Waals surface area contributed by atoms with E-state index in [-0.39, 0.29) is 53.7 Å². The first-order valence-electron chi connectivity index (χ1n) is 11.1. The van der Waals surface area contributed by atoms with Crippen molar-refractivity contribution in [2.24, 2.45) is 0 Å². The van der Waals surface area contributed by atoms with Crippen LogP contribution >= 0.6 is 0 Å². The van der Waals surface area contributed by atoms with Crippen LogP contribution < -0.4 is 10.9 Å². The van der Waals surface area contributed by atoms with Gasteiger partial charge in [-0.15, -0.1) is 0 Å². The maximum absolute atomic E-state index is 13.1. The Kier molecular flexibility index (Phi) is 6.24. The van der Waals surface area contributed by atoms with Crippen LogP contribution in [-0.2, 0) is 13.1 Å². The van der Waals surface area contributed by atoms with E-state index in [0.29, 0.717) is 22.5 Å². The van der Waals surface area contributed by atoms with Crippen molar-refractivity contribution in [1.82, 2.24) is 34.8 Å². The molecule has 186 valence electrons. The first kappa shape index (κ1) is 23.5. The minimum atomic E-state index is -0.493. The van der Waals surface area contributed by atoms with Crippen molar-refractivity contribution >= 4 is 22.6 Å². The van der Waals surface area contributed by atoms with Gasteiger partial charge in [0.2, 0.25) is 0 Å². The van der Waals surface area contributed by atoms with Gasteiger partial charge in [-0.1, -0.05) is 12.1 Å². The van der Waals surface area contributed by atoms with Crippen molar-refractivity contribution in [3.05, 3.63) is 105 Å². The van der Waals surface area contributed by atoms with Crippen molar-refractivity contribution in [2.75, 3.05) is 6.54 Å². The number of nitrogens with zero attached hydrogens (tertiary/aromatic N) is 6. The lowest BCUT2D eigenvalue weighted by molar-refractivity contribution is -0.384. The number of amides is 1. The summed E-state index contributed by atoms with van der Waals surface area (Å²) in [5.41, 5.74) is 1.97. The molecule has 0 aliphatic heterocycles. The SMILES string of the molecule is O=C(NCCn1ncc2c(=O)n(Cc3cccc([N+](=O)[O-])c3)cnc21)c1cc(-c2ccc(F)cc2)n[nH]1. The van der Waals surface area contributed by atoms with Crippen LogP contribution in [0.15, 0.2) is 71.9 Å². The minimum Gasteiger partial charge on any atom is -0.349 e. The lowest BCUT2D eigenvalue weighted by Crippen LogP contribution is -2.28. The molecule has 5 rings (SSSR count). The monoisotopic (exact) mass is 502 g/mol. The Morgan fingerprint density at radius 1 is 1.16 bits per heavy atom. The van der Waals surface area contributed by atoms with Crippen molar-refractivity contribution < 1.29 is 14.1 Å². The van der Waals surface area contributed by atoms with Crippen LogP contribution in [-0.4, -0.2) is 46.9 Å². The number of fused-ring (bicyclic) bond motifs is 1. The Morgan fingerprint density at radius 3 is 2.76 bits per heavy atom. The standard InChI is InChI=1S/C24H19FN8O4/c25-17-6-4-16(5-7-17)20-11-21(30-29-20)23(34)26-8-9-32-22-19(12-28-32)24(35)31(14-27-22)13-15-2-1-3-18(10-15)33(36)37/h1-7,10-12,14H,8-9,13H2,(H,26,34)(H,29,30). The summed E-state index contributed by atoms with van der Waals surface area (Å²) in [6.07, 6.45) is 2.77. The van der Waals surface area contributed by atoms with E-state index in [1.54, 1.807) is 30.3 Å². The number of nitro groups is 1. The quantitative estimate of drug-likeness (QED) is 0.244. The summed E-state index contributed by atoms with van der Waals surface area (Å²) in [5.74, 6) is -0.746. The summed E-state index contributed by atoms with van der Waals surface area (Å²) in [7, 11) is 0. The van der Waals surface area contributed by atoms with Crippen molar-refractivity contribution in [2.45, 2.75) is 13.1 Å². The normalized spacial score (nSPS) is 11.1. The molecule has 0 unspecified atom stereocenters. The average molecular weight is 502 g/mol. The van der Waals surface area contributed by atoms with Gasteiger partial charge in [-0.05, 0) is 35.9 Å². The molecule has 3 heterocycles. The molecule has 0 saturated heterocycles. The topological polar surface area (TPSA) is 154 Å². The summed E-state index contributed by atoms with van der Waals surface area (Å²) < 4.78 is 16.0. The number of rotatable bonds is 8. The van der Waals surface area contributed by atoms with E-state index >= 15 is 0 Å². The largest absolute Gasteiger partial charge is 0.349 e. The molecule has 2 N–H and O–H groups in total. The number of H-pyrrole nitrogens is 1. The summed E-state index contributed by atoms with van der Waals surface area (Å²) >= 11 is 0. The second kappa shape index (κ2) is 9.81. The van der Waals surface area contributed by atoms with E-state index in [2.05, 4.69) is 25.6 Å². The molecule has 37 heavy (non-hydrogen) atoms. The summed E-state index contributed by atoms with van der Waals surface area (Å²) in [6, 6.07) is 13.4. The van der Waals surface area contributed by atoms with Crippen LogP contribution in [0.3, 0.4) is 0 Å². The van der Waals surface area contributed by atoms with Gasteiger partial charge < -0.3 is 5.32 Å². The zero-order valence-corrected chi connectivity index (χ0v) is 19.2. The minimum absolute atomic E-state index is 0.0590. The molecule has 0 bridgehead atoms. The third kappa shape index (κ3) is 4.96. The number of carbonyl (C=O) groups excluding carboxylic acids is 1. The maximum atomic E-state index is 13.1. The molecule has 12 nitrogen and oxygen atoms in total. The predicted molar refractivity (Wildman–Crippen MR) is 130 cm³/mol. The number of hydrogen-bond acceptors (Lipinski definition) is 7. The number of nitrogens with one attached hydrogen (secondary N) is 2.